The Balaban J connectivity index is 2.05. The van der Waals surface area contributed by atoms with Crippen LogP contribution in [0.3, 0.4) is 0 Å². The van der Waals surface area contributed by atoms with Gasteiger partial charge in [0.2, 0.25) is 5.95 Å². The van der Waals surface area contributed by atoms with E-state index in [0.29, 0.717) is 32.0 Å². The predicted octanol–water partition coefficient (Wildman–Crippen LogP) is 2.42. The second kappa shape index (κ2) is 8.20. The molecule has 0 radical (unpaired) electrons. The van der Waals surface area contributed by atoms with E-state index in [1.165, 1.54) is 6.20 Å². The maximum Gasteiger partial charge on any atom is 0.410 e. The van der Waals surface area contributed by atoms with Crippen molar-refractivity contribution in [2.24, 2.45) is 0 Å². The highest BCUT2D eigenvalue weighted by molar-refractivity contribution is 5.93. The summed E-state index contributed by atoms with van der Waals surface area (Å²) in [6.07, 6.45) is 2.50. The van der Waals surface area contributed by atoms with E-state index < -0.39 is 11.6 Å². The first-order valence-corrected chi connectivity index (χ1v) is 8.78. The van der Waals surface area contributed by atoms with Crippen LogP contribution in [0.5, 0.6) is 0 Å². The third kappa shape index (κ3) is 5.47. The Morgan fingerprint density at radius 2 is 2.15 bits per heavy atom. The van der Waals surface area contributed by atoms with Crippen LogP contribution in [0.4, 0.5) is 16.6 Å². The summed E-state index contributed by atoms with van der Waals surface area (Å²) in [7, 11) is 0. The van der Waals surface area contributed by atoms with Crippen molar-refractivity contribution < 1.29 is 19.4 Å². The van der Waals surface area contributed by atoms with Crippen molar-refractivity contribution in [3.8, 4) is 0 Å². The number of anilines is 2. The molecule has 0 spiro atoms. The lowest BCUT2D eigenvalue weighted by Crippen LogP contribution is -2.36. The zero-order chi connectivity index (χ0) is 19.3. The Bertz CT molecular complexity index is 659. The molecule has 2 rings (SSSR count). The Hall–Kier alpha value is -2.58. The highest BCUT2D eigenvalue weighted by atomic mass is 16.6. The molecule has 0 aromatic carbocycles. The second-order valence-corrected chi connectivity index (χ2v) is 7.24. The first-order valence-electron chi connectivity index (χ1n) is 8.78. The van der Waals surface area contributed by atoms with Crippen molar-refractivity contribution in [2.75, 3.05) is 30.3 Å². The van der Waals surface area contributed by atoms with E-state index in [0.717, 1.165) is 6.42 Å². The monoisotopic (exact) mass is 365 g/mol. The lowest BCUT2D eigenvalue weighted by atomic mass is 10.2. The molecule has 1 aliphatic rings. The van der Waals surface area contributed by atoms with Gasteiger partial charge in [-0.05, 0) is 33.6 Å². The van der Waals surface area contributed by atoms with Gasteiger partial charge in [0, 0.05) is 31.9 Å². The van der Waals surface area contributed by atoms with Crippen LogP contribution in [0.15, 0.2) is 6.20 Å². The number of carboxylic acids is 1. The largest absolute Gasteiger partial charge is 0.477 e. The molecule has 1 unspecified atom stereocenters. The highest BCUT2D eigenvalue weighted by Gasteiger charge is 2.30. The normalized spacial score (nSPS) is 17.1. The number of hydrogen-bond donors (Lipinski definition) is 3. The van der Waals surface area contributed by atoms with E-state index in [1.54, 1.807) is 4.90 Å². The minimum absolute atomic E-state index is 0.00256. The predicted molar refractivity (Wildman–Crippen MR) is 97.6 cm³/mol. The number of amides is 1. The van der Waals surface area contributed by atoms with E-state index in [9.17, 15) is 14.7 Å². The molecule has 1 fully saturated rings. The molecule has 144 valence electrons. The van der Waals surface area contributed by atoms with Crippen LogP contribution in [0.1, 0.15) is 50.9 Å². The quantitative estimate of drug-likeness (QED) is 0.704. The first kappa shape index (κ1) is 19.7. The Morgan fingerprint density at radius 1 is 1.42 bits per heavy atom. The average molecular weight is 365 g/mol. The number of carbonyl (C=O) groups excluding carboxylic acids is 1. The molecule has 9 heteroatoms. The van der Waals surface area contributed by atoms with Crippen LogP contribution in [0.25, 0.3) is 0 Å². The van der Waals surface area contributed by atoms with Crippen LogP contribution in [0, 0.1) is 0 Å². The summed E-state index contributed by atoms with van der Waals surface area (Å²) < 4.78 is 5.38. The van der Waals surface area contributed by atoms with E-state index in [-0.39, 0.29) is 23.5 Å². The van der Waals surface area contributed by atoms with Crippen LogP contribution < -0.4 is 10.6 Å². The topological polar surface area (TPSA) is 117 Å². The number of carbonyl (C=O) groups is 2. The summed E-state index contributed by atoms with van der Waals surface area (Å²) in [5.74, 6) is -0.472. The van der Waals surface area contributed by atoms with E-state index in [1.807, 2.05) is 27.7 Å². The van der Waals surface area contributed by atoms with E-state index in [4.69, 9.17) is 4.74 Å². The molecule has 26 heavy (non-hydrogen) atoms. The molecule has 0 aliphatic carbocycles. The molecule has 1 aromatic heterocycles. The summed E-state index contributed by atoms with van der Waals surface area (Å²) in [5, 5.41) is 15.5. The van der Waals surface area contributed by atoms with Gasteiger partial charge in [-0.15, -0.1) is 0 Å². The maximum atomic E-state index is 12.2. The van der Waals surface area contributed by atoms with Gasteiger partial charge < -0.3 is 25.4 Å². The molecule has 1 saturated heterocycles. The van der Waals surface area contributed by atoms with Gasteiger partial charge in [0.1, 0.15) is 17.0 Å². The Kier molecular flexibility index (Phi) is 6.23. The number of hydrogen-bond acceptors (Lipinski definition) is 7. The number of carboxylic acid groups (broad SMARTS) is 1. The zero-order valence-electron chi connectivity index (χ0n) is 15.7. The van der Waals surface area contributed by atoms with Gasteiger partial charge in [0.15, 0.2) is 0 Å². The fourth-order valence-corrected chi connectivity index (χ4v) is 2.53. The SMILES string of the molecule is CCCNc1ncc(C(=O)O)c(NC2CCN(C(=O)OC(C)(C)C)C2)n1. The molecule has 1 aliphatic heterocycles. The van der Waals surface area contributed by atoms with Crippen molar-refractivity contribution in [2.45, 2.75) is 52.2 Å². The number of aromatic nitrogens is 2. The number of rotatable bonds is 6. The molecule has 3 N–H and O–H groups in total. The third-order valence-corrected chi connectivity index (χ3v) is 3.73. The molecule has 0 saturated carbocycles. The van der Waals surface area contributed by atoms with Gasteiger partial charge in [-0.1, -0.05) is 6.92 Å². The summed E-state index contributed by atoms with van der Waals surface area (Å²) in [5.41, 5.74) is -0.547. The van der Waals surface area contributed by atoms with E-state index in [2.05, 4.69) is 20.6 Å². The zero-order valence-corrected chi connectivity index (χ0v) is 15.7. The summed E-state index contributed by atoms with van der Waals surface area (Å²) in [6, 6.07) is -0.102. The Morgan fingerprint density at radius 3 is 2.77 bits per heavy atom. The minimum atomic E-state index is -1.10. The number of nitrogens with one attached hydrogen (secondary N) is 2. The second-order valence-electron chi connectivity index (χ2n) is 7.24. The fraction of sp³-hybridized carbons (Fsp3) is 0.647. The van der Waals surface area contributed by atoms with Gasteiger partial charge in [-0.2, -0.15) is 4.98 Å². The number of ether oxygens (including phenoxy) is 1. The van der Waals surface area contributed by atoms with Gasteiger partial charge >= 0.3 is 12.1 Å². The van der Waals surface area contributed by atoms with Crippen molar-refractivity contribution in [3.05, 3.63) is 11.8 Å². The van der Waals surface area contributed by atoms with Crippen LogP contribution >= 0.6 is 0 Å². The van der Waals surface area contributed by atoms with Gasteiger partial charge in [0.05, 0.1) is 0 Å². The lowest BCUT2D eigenvalue weighted by Gasteiger charge is -2.24. The van der Waals surface area contributed by atoms with Gasteiger partial charge in [0.25, 0.3) is 0 Å². The van der Waals surface area contributed by atoms with E-state index >= 15 is 0 Å². The molecule has 0 bridgehead atoms. The molecule has 2 heterocycles. The van der Waals surface area contributed by atoms with Crippen molar-refractivity contribution >= 4 is 23.8 Å². The first-order chi connectivity index (χ1) is 12.2. The highest BCUT2D eigenvalue weighted by Crippen LogP contribution is 2.21. The standard InChI is InChI=1S/C17H27N5O4/c1-5-7-18-15-19-9-12(14(23)24)13(21-15)20-11-6-8-22(10-11)16(25)26-17(2,3)4/h9,11H,5-8,10H2,1-4H3,(H,23,24)(H2,18,19,20,21). The van der Waals surface area contributed by atoms with Gasteiger partial charge in [-0.25, -0.2) is 14.6 Å². The summed E-state index contributed by atoms with van der Waals surface area (Å²) in [6.45, 7) is 9.14. The van der Waals surface area contributed by atoms with Crippen LogP contribution in [-0.2, 0) is 4.74 Å². The summed E-state index contributed by atoms with van der Waals surface area (Å²) in [4.78, 5) is 33.5. The lowest BCUT2D eigenvalue weighted by molar-refractivity contribution is 0.0293. The van der Waals surface area contributed by atoms with Gasteiger partial charge in [-0.3, -0.25) is 0 Å². The van der Waals surface area contributed by atoms with Crippen LogP contribution in [0.2, 0.25) is 0 Å². The van der Waals surface area contributed by atoms with Crippen molar-refractivity contribution in [1.29, 1.82) is 0 Å². The van der Waals surface area contributed by atoms with Crippen molar-refractivity contribution in [3.63, 3.8) is 0 Å². The van der Waals surface area contributed by atoms with Crippen LogP contribution in [-0.4, -0.2) is 63.3 Å². The molecule has 9 nitrogen and oxygen atoms in total. The Labute approximate surface area is 153 Å². The fourth-order valence-electron chi connectivity index (χ4n) is 2.53. The number of aromatic carboxylic acids is 1. The maximum absolute atomic E-state index is 12.2. The molecular formula is C17H27N5O4. The molecule has 1 amide bonds. The average Bonchev–Trinajstić information content (AvgIpc) is 3.00. The van der Waals surface area contributed by atoms with Crippen molar-refractivity contribution in [1.82, 2.24) is 14.9 Å². The molecule has 1 atom stereocenters. The minimum Gasteiger partial charge on any atom is -0.477 e. The number of nitrogens with zero attached hydrogens (tertiary/aromatic N) is 3. The smallest absolute Gasteiger partial charge is 0.410 e. The summed E-state index contributed by atoms with van der Waals surface area (Å²) >= 11 is 0. The third-order valence-electron chi connectivity index (χ3n) is 3.73. The molecule has 1 aromatic rings. The number of likely N-dealkylation sites (tertiary alicyclic amines) is 1. The molecular weight excluding hydrogens is 338 g/mol.